The van der Waals surface area contributed by atoms with Gasteiger partial charge in [0, 0.05) is 19.3 Å². The summed E-state index contributed by atoms with van der Waals surface area (Å²) >= 11 is 0. The zero-order chi connectivity index (χ0) is 41.5. The normalized spacial score (nSPS) is 11.8. The summed E-state index contributed by atoms with van der Waals surface area (Å²) in [6.45, 7) is 6.66. The van der Waals surface area contributed by atoms with E-state index in [0.717, 1.165) is 57.8 Å². The van der Waals surface area contributed by atoms with Crippen LogP contribution in [0.15, 0.2) is 0 Å². The average Bonchev–Trinajstić information content (AvgIpc) is 3.21. The van der Waals surface area contributed by atoms with E-state index < -0.39 is 6.10 Å². The number of esters is 3. The van der Waals surface area contributed by atoms with Crippen LogP contribution in [0.3, 0.4) is 0 Å². The van der Waals surface area contributed by atoms with E-state index in [-0.39, 0.29) is 31.1 Å². The summed E-state index contributed by atoms with van der Waals surface area (Å²) in [5, 5.41) is 0. The molecule has 0 aromatic carbocycles. The average molecular weight is 807 g/mol. The molecule has 0 aromatic rings. The molecule has 0 heterocycles. The predicted molar refractivity (Wildman–Crippen MR) is 243 cm³/mol. The van der Waals surface area contributed by atoms with Gasteiger partial charge in [0.15, 0.2) is 6.10 Å². The summed E-state index contributed by atoms with van der Waals surface area (Å²) in [7, 11) is 0. The lowest BCUT2D eigenvalue weighted by Gasteiger charge is -2.18. The van der Waals surface area contributed by atoms with Gasteiger partial charge in [0.25, 0.3) is 0 Å². The Labute approximate surface area is 355 Å². The van der Waals surface area contributed by atoms with Crippen molar-refractivity contribution in [1.29, 1.82) is 0 Å². The van der Waals surface area contributed by atoms with Crippen LogP contribution in [0.5, 0.6) is 0 Å². The first-order valence-electron chi connectivity index (χ1n) is 25.5. The molecular weight excluding hydrogens is 709 g/mol. The molecule has 0 amide bonds. The summed E-state index contributed by atoms with van der Waals surface area (Å²) < 4.78 is 16.8. The molecule has 0 aliphatic heterocycles. The van der Waals surface area contributed by atoms with Crippen molar-refractivity contribution < 1.29 is 28.6 Å². The van der Waals surface area contributed by atoms with Crippen LogP contribution in [0.25, 0.3) is 0 Å². The number of carbonyl (C=O) groups excluding carboxylic acids is 3. The van der Waals surface area contributed by atoms with Crippen molar-refractivity contribution in [2.24, 2.45) is 0 Å². The van der Waals surface area contributed by atoms with Gasteiger partial charge in [-0.1, -0.05) is 252 Å². The number of carbonyl (C=O) groups is 3. The second-order valence-electron chi connectivity index (χ2n) is 17.5. The molecule has 6 heteroatoms. The Hall–Kier alpha value is -1.59. The van der Waals surface area contributed by atoms with E-state index in [4.69, 9.17) is 14.2 Å². The van der Waals surface area contributed by atoms with Crippen molar-refractivity contribution in [3.8, 4) is 0 Å². The highest BCUT2D eigenvalue weighted by molar-refractivity contribution is 5.71. The third-order valence-electron chi connectivity index (χ3n) is 11.6. The largest absolute Gasteiger partial charge is 0.462 e. The first-order valence-corrected chi connectivity index (χ1v) is 25.5. The Morgan fingerprint density at radius 2 is 0.474 bits per heavy atom. The molecule has 0 aliphatic carbocycles. The SMILES string of the molecule is CCCCCCCCCCCCCCCCCCCCC(=O)OC[C@@H](COC(=O)CCCCCCCCCCCC)OC(=O)CCCCCCCCCCCCC. The van der Waals surface area contributed by atoms with E-state index in [0.29, 0.717) is 19.3 Å². The third-order valence-corrected chi connectivity index (χ3v) is 11.6. The molecule has 1 atom stereocenters. The summed E-state index contributed by atoms with van der Waals surface area (Å²) in [5.74, 6) is -0.845. The Morgan fingerprint density at radius 3 is 0.702 bits per heavy atom. The van der Waals surface area contributed by atoms with Gasteiger partial charge in [-0.25, -0.2) is 0 Å². The highest BCUT2D eigenvalue weighted by atomic mass is 16.6. The first kappa shape index (κ1) is 55.4. The molecule has 0 bridgehead atoms. The van der Waals surface area contributed by atoms with Crippen LogP contribution in [-0.4, -0.2) is 37.2 Å². The fourth-order valence-electron chi connectivity index (χ4n) is 7.74. The van der Waals surface area contributed by atoms with Crippen molar-refractivity contribution in [3.63, 3.8) is 0 Å². The number of hydrogen-bond donors (Lipinski definition) is 0. The maximum absolute atomic E-state index is 12.7. The second-order valence-corrected chi connectivity index (χ2v) is 17.5. The Balaban J connectivity index is 4.22. The molecule has 6 nitrogen and oxygen atoms in total. The Bertz CT molecular complexity index is 844. The number of ether oxygens (including phenoxy) is 3. The maximum Gasteiger partial charge on any atom is 0.306 e. The molecule has 0 aliphatic rings. The molecule has 0 saturated heterocycles. The van der Waals surface area contributed by atoms with E-state index >= 15 is 0 Å². The molecular formula is C51H98O6. The van der Waals surface area contributed by atoms with E-state index in [1.165, 1.54) is 193 Å². The fraction of sp³-hybridized carbons (Fsp3) is 0.941. The highest BCUT2D eigenvalue weighted by Crippen LogP contribution is 2.17. The fourth-order valence-corrected chi connectivity index (χ4v) is 7.74. The minimum absolute atomic E-state index is 0.0621. The minimum atomic E-state index is -0.758. The van der Waals surface area contributed by atoms with Crippen LogP contribution >= 0.6 is 0 Å². The monoisotopic (exact) mass is 807 g/mol. The minimum Gasteiger partial charge on any atom is -0.462 e. The maximum atomic E-state index is 12.7. The van der Waals surface area contributed by atoms with E-state index in [1.54, 1.807) is 0 Å². The third kappa shape index (κ3) is 45.3. The molecule has 0 rings (SSSR count). The van der Waals surface area contributed by atoms with Gasteiger partial charge in [-0.05, 0) is 19.3 Å². The molecule has 0 N–H and O–H groups in total. The second kappa shape index (κ2) is 47.1. The molecule has 0 radical (unpaired) electrons. The highest BCUT2D eigenvalue weighted by Gasteiger charge is 2.19. The molecule has 57 heavy (non-hydrogen) atoms. The first-order chi connectivity index (χ1) is 28.0. The van der Waals surface area contributed by atoms with Crippen LogP contribution in [0.2, 0.25) is 0 Å². The van der Waals surface area contributed by atoms with Crippen molar-refractivity contribution in [2.45, 2.75) is 297 Å². The van der Waals surface area contributed by atoms with E-state index in [9.17, 15) is 14.4 Å². The number of hydrogen-bond acceptors (Lipinski definition) is 6. The quantitative estimate of drug-likeness (QED) is 0.0346. The molecule has 0 unspecified atom stereocenters. The van der Waals surface area contributed by atoms with Gasteiger partial charge in [-0.2, -0.15) is 0 Å². The molecule has 0 aromatic heterocycles. The van der Waals surface area contributed by atoms with Gasteiger partial charge in [0.1, 0.15) is 13.2 Å². The van der Waals surface area contributed by atoms with Crippen molar-refractivity contribution in [2.75, 3.05) is 13.2 Å². The predicted octanol–water partition coefficient (Wildman–Crippen LogP) is 16.4. The standard InChI is InChI=1S/C51H98O6/c1-4-7-10-13-16-19-22-23-24-25-26-27-28-30-32-35-38-41-44-50(53)56-47-48(46-55-49(52)43-40-37-34-31-21-18-15-12-9-6-3)57-51(54)45-42-39-36-33-29-20-17-14-11-8-5-2/h48H,4-47H2,1-3H3/t48-/m1/s1. The van der Waals surface area contributed by atoms with Crippen LogP contribution in [0.4, 0.5) is 0 Å². The van der Waals surface area contributed by atoms with E-state index in [2.05, 4.69) is 20.8 Å². The van der Waals surface area contributed by atoms with Crippen molar-refractivity contribution >= 4 is 17.9 Å². The zero-order valence-corrected chi connectivity index (χ0v) is 38.6. The van der Waals surface area contributed by atoms with Crippen molar-refractivity contribution in [3.05, 3.63) is 0 Å². The van der Waals surface area contributed by atoms with Crippen molar-refractivity contribution in [1.82, 2.24) is 0 Å². The molecule has 0 fully saturated rings. The summed E-state index contributed by atoms with van der Waals surface area (Å²) in [4.78, 5) is 37.8. The summed E-state index contributed by atoms with van der Waals surface area (Å²) in [6, 6.07) is 0. The number of unbranched alkanes of at least 4 members (excludes halogenated alkanes) is 36. The van der Waals surface area contributed by atoms with Gasteiger partial charge in [0.05, 0.1) is 0 Å². The van der Waals surface area contributed by atoms with Gasteiger partial charge < -0.3 is 14.2 Å². The van der Waals surface area contributed by atoms with Crippen LogP contribution in [-0.2, 0) is 28.6 Å². The molecule has 0 spiro atoms. The lowest BCUT2D eigenvalue weighted by molar-refractivity contribution is -0.167. The number of rotatable bonds is 47. The van der Waals surface area contributed by atoms with Crippen LogP contribution in [0, 0.1) is 0 Å². The Morgan fingerprint density at radius 1 is 0.281 bits per heavy atom. The summed E-state index contributed by atoms with van der Waals surface area (Å²) in [6.07, 6.45) is 49.4. The lowest BCUT2D eigenvalue weighted by Crippen LogP contribution is -2.30. The topological polar surface area (TPSA) is 78.9 Å². The lowest BCUT2D eigenvalue weighted by atomic mass is 10.0. The van der Waals surface area contributed by atoms with Gasteiger partial charge in [-0.3, -0.25) is 14.4 Å². The van der Waals surface area contributed by atoms with Crippen LogP contribution in [0.1, 0.15) is 290 Å². The smallest absolute Gasteiger partial charge is 0.306 e. The zero-order valence-electron chi connectivity index (χ0n) is 38.6. The summed E-state index contributed by atoms with van der Waals surface area (Å²) in [5.41, 5.74) is 0. The van der Waals surface area contributed by atoms with Crippen LogP contribution < -0.4 is 0 Å². The molecule has 0 saturated carbocycles. The van der Waals surface area contributed by atoms with Gasteiger partial charge in [0.2, 0.25) is 0 Å². The van der Waals surface area contributed by atoms with E-state index in [1.807, 2.05) is 0 Å². The van der Waals surface area contributed by atoms with Gasteiger partial charge >= 0.3 is 17.9 Å². The Kier molecular flexibility index (Phi) is 45.8. The van der Waals surface area contributed by atoms with Gasteiger partial charge in [-0.15, -0.1) is 0 Å². The molecule has 338 valence electrons.